The highest BCUT2D eigenvalue weighted by Crippen LogP contribution is 2.28. The van der Waals surface area contributed by atoms with Crippen molar-refractivity contribution in [2.45, 2.75) is 19.4 Å². The van der Waals surface area contributed by atoms with Gasteiger partial charge in [-0.05, 0) is 48.9 Å². The molecular weight excluding hydrogens is 282 g/mol. The van der Waals surface area contributed by atoms with Crippen LogP contribution in [0.2, 0.25) is 5.02 Å². The lowest BCUT2D eigenvalue weighted by atomic mass is 10.0. The Morgan fingerprint density at radius 1 is 1.20 bits per heavy atom. The molecule has 1 heterocycles. The molecule has 1 aromatic heterocycles. The molecule has 0 fully saturated rings. The van der Waals surface area contributed by atoms with Crippen LogP contribution in [-0.2, 0) is 0 Å². The monoisotopic (exact) mass is 296 g/mol. The highest BCUT2D eigenvalue weighted by Gasteiger charge is 2.18. The summed E-state index contributed by atoms with van der Waals surface area (Å²) in [7, 11) is 0. The lowest BCUT2D eigenvalue weighted by molar-refractivity contribution is 0.569. The van der Waals surface area contributed by atoms with Gasteiger partial charge in [0.2, 0.25) is 0 Å². The number of pyridine rings is 1. The molecule has 5 heteroatoms. The summed E-state index contributed by atoms with van der Waals surface area (Å²) >= 11 is 6.14. The van der Waals surface area contributed by atoms with Gasteiger partial charge in [0, 0.05) is 5.02 Å². The molecule has 0 aliphatic rings. The zero-order chi connectivity index (χ0) is 14.5. The largest absolute Gasteiger partial charge is 0.305 e. The summed E-state index contributed by atoms with van der Waals surface area (Å²) in [6.45, 7) is 2.74. The lowest BCUT2D eigenvalue weighted by Gasteiger charge is -2.19. The van der Waals surface area contributed by atoms with Crippen LogP contribution in [0.25, 0.3) is 0 Å². The second-order valence-electron chi connectivity index (χ2n) is 4.45. The van der Waals surface area contributed by atoms with E-state index in [-0.39, 0.29) is 11.9 Å². The zero-order valence-electron chi connectivity index (χ0n) is 11.0. The van der Waals surface area contributed by atoms with E-state index < -0.39 is 5.82 Å². The first-order valence-electron chi connectivity index (χ1n) is 6.41. The highest BCUT2D eigenvalue weighted by molar-refractivity contribution is 6.31. The van der Waals surface area contributed by atoms with Crippen molar-refractivity contribution in [1.82, 2.24) is 10.3 Å². The van der Waals surface area contributed by atoms with E-state index in [1.54, 1.807) is 6.07 Å². The fourth-order valence-electron chi connectivity index (χ4n) is 1.96. The van der Waals surface area contributed by atoms with Crippen LogP contribution in [0.5, 0.6) is 0 Å². The van der Waals surface area contributed by atoms with Gasteiger partial charge in [0.25, 0.3) is 0 Å². The molecule has 1 atom stereocenters. The van der Waals surface area contributed by atoms with E-state index in [0.717, 1.165) is 19.2 Å². The van der Waals surface area contributed by atoms with Crippen LogP contribution in [0.4, 0.5) is 8.78 Å². The van der Waals surface area contributed by atoms with E-state index >= 15 is 0 Å². The SMILES string of the molecule is CCCNC(c1ccc(F)cn1)c1cc(F)ccc1Cl. The van der Waals surface area contributed by atoms with E-state index in [2.05, 4.69) is 10.3 Å². The molecule has 0 radical (unpaired) electrons. The van der Waals surface area contributed by atoms with Gasteiger partial charge in [-0.25, -0.2) is 8.78 Å². The van der Waals surface area contributed by atoms with Gasteiger partial charge >= 0.3 is 0 Å². The molecule has 0 saturated heterocycles. The van der Waals surface area contributed by atoms with Gasteiger partial charge in [-0.3, -0.25) is 4.98 Å². The third-order valence-electron chi connectivity index (χ3n) is 2.91. The molecule has 0 aliphatic carbocycles. The highest BCUT2D eigenvalue weighted by atomic mass is 35.5. The van der Waals surface area contributed by atoms with Crippen LogP contribution in [-0.4, -0.2) is 11.5 Å². The van der Waals surface area contributed by atoms with E-state index in [9.17, 15) is 8.78 Å². The number of halogens is 3. The van der Waals surface area contributed by atoms with Crippen molar-refractivity contribution in [2.75, 3.05) is 6.54 Å². The molecule has 106 valence electrons. The average molecular weight is 297 g/mol. The number of nitrogens with one attached hydrogen (secondary N) is 1. The third-order valence-corrected chi connectivity index (χ3v) is 3.26. The summed E-state index contributed by atoms with van der Waals surface area (Å²) in [5, 5.41) is 3.70. The minimum atomic E-state index is -0.409. The Morgan fingerprint density at radius 3 is 2.60 bits per heavy atom. The molecule has 0 saturated carbocycles. The van der Waals surface area contributed by atoms with Crippen molar-refractivity contribution in [3.05, 3.63) is 64.4 Å². The zero-order valence-corrected chi connectivity index (χ0v) is 11.8. The standard InChI is InChI=1S/C15H15ClF2N2/c1-2-7-19-15(14-6-4-11(18)9-20-14)12-8-10(17)3-5-13(12)16/h3-6,8-9,15,19H,2,7H2,1H3. The maximum absolute atomic E-state index is 13.4. The number of benzene rings is 1. The minimum absolute atomic E-state index is 0.362. The maximum atomic E-state index is 13.4. The van der Waals surface area contributed by atoms with Gasteiger partial charge in [0.15, 0.2) is 0 Å². The van der Waals surface area contributed by atoms with Gasteiger partial charge in [-0.1, -0.05) is 18.5 Å². The Labute approximate surface area is 121 Å². The Balaban J connectivity index is 2.41. The second kappa shape index (κ2) is 6.77. The third kappa shape index (κ3) is 3.52. The maximum Gasteiger partial charge on any atom is 0.141 e. The summed E-state index contributed by atoms with van der Waals surface area (Å²) in [6, 6.07) is 6.73. The van der Waals surface area contributed by atoms with Crippen LogP contribution < -0.4 is 5.32 Å². The van der Waals surface area contributed by atoms with Gasteiger partial charge in [-0.2, -0.15) is 0 Å². The summed E-state index contributed by atoms with van der Waals surface area (Å²) in [5.41, 5.74) is 1.20. The summed E-state index contributed by atoms with van der Waals surface area (Å²) in [5.74, 6) is -0.775. The Bertz CT molecular complexity index is 573. The molecule has 0 bridgehead atoms. The molecule has 0 aliphatic heterocycles. The van der Waals surface area contributed by atoms with E-state index in [1.807, 2.05) is 6.92 Å². The second-order valence-corrected chi connectivity index (χ2v) is 4.86. The molecule has 20 heavy (non-hydrogen) atoms. The quantitative estimate of drug-likeness (QED) is 0.898. The average Bonchev–Trinajstić information content (AvgIpc) is 2.44. The van der Waals surface area contributed by atoms with Crippen molar-refractivity contribution in [3.8, 4) is 0 Å². The molecule has 1 N–H and O–H groups in total. The Hall–Kier alpha value is -1.52. The normalized spacial score (nSPS) is 12.4. The fourth-order valence-corrected chi connectivity index (χ4v) is 2.18. The van der Waals surface area contributed by atoms with E-state index in [1.165, 1.54) is 24.3 Å². The van der Waals surface area contributed by atoms with Crippen LogP contribution in [0, 0.1) is 11.6 Å². The first-order valence-corrected chi connectivity index (χ1v) is 6.79. The first-order chi connectivity index (χ1) is 9.61. The molecule has 0 spiro atoms. The number of aromatic nitrogens is 1. The molecule has 0 amide bonds. The van der Waals surface area contributed by atoms with E-state index in [0.29, 0.717) is 16.3 Å². The van der Waals surface area contributed by atoms with Gasteiger partial charge in [0.05, 0.1) is 17.9 Å². The predicted octanol–water partition coefficient (Wildman–Crippen LogP) is 4.10. The molecule has 1 unspecified atom stereocenters. The topological polar surface area (TPSA) is 24.9 Å². The fraction of sp³-hybridized carbons (Fsp3) is 0.267. The molecule has 2 aromatic rings. The summed E-state index contributed by atoms with van der Waals surface area (Å²) in [6.07, 6.45) is 2.05. The van der Waals surface area contributed by atoms with Crippen molar-refractivity contribution in [3.63, 3.8) is 0 Å². The molecule has 2 rings (SSSR count). The summed E-state index contributed by atoms with van der Waals surface area (Å²) in [4.78, 5) is 4.06. The van der Waals surface area contributed by atoms with Crippen molar-refractivity contribution < 1.29 is 8.78 Å². The Morgan fingerprint density at radius 2 is 1.95 bits per heavy atom. The van der Waals surface area contributed by atoms with Crippen LogP contribution in [0.3, 0.4) is 0 Å². The molecular formula is C15H15ClF2N2. The number of nitrogens with zero attached hydrogens (tertiary/aromatic N) is 1. The number of hydrogen-bond donors (Lipinski definition) is 1. The predicted molar refractivity (Wildman–Crippen MR) is 75.7 cm³/mol. The number of rotatable bonds is 5. The van der Waals surface area contributed by atoms with Gasteiger partial charge in [0.1, 0.15) is 11.6 Å². The van der Waals surface area contributed by atoms with Gasteiger partial charge < -0.3 is 5.32 Å². The molecule has 2 nitrogen and oxygen atoms in total. The van der Waals surface area contributed by atoms with Crippen molar-refractivity contribution in [1.29, 1.82) is 0 Å². The van der Waals surface area contributed by atoms with Crippen molar-refractivity contribution >= 4 is 11.6 Å². The first kappa shape index (κ1) is 14.9. The van der Waals surface area contributed by atoms with Crippen LogP contribution in [0.15, 0.2) is 36.5 Å². The van der Waals surface area contributed by atoms with Crippen LogP contribution in [0.1, 0.15) is 30.6 Å². The summed E-state index contributed by atoms with van der Waals surface area (Å²) < 4.78 is 26.4. The van der Waals surface area contributed by atoms with E-state index in [4.69, 9.17) is 11.6 Å². The van der Waals surface area contributed by atoms with Crippen LogP contribution >= 0.6 is 11.6 Å². The lowest BCUT2D eigenvalue weighted by Crippen LogP contribution is -2.24. The smallest absolute Gasteiger partial charge is 0.141 e. The minimum Gasteiger partial charge on any atom is -0.305 e. The Kier molecular flexibility index (Phi) is 5.04. The van der Waals surface area contributed by atoms with Crippen molar-refractivity contribution in [2.24, 2.45) is 0 Å². The van der Waals surface area contributed by atoms with Gasteiger partial charge in [-0.15, -0.1) is 0 Å². The number of hydrogen-bond acceptors (Lipinski definition) is 2. The molecule has 1 aromatic carbocycles.